The molecule has 1 unspecified atom stereocenters. The molecule has 0 spiro atoms. The van der Waals surface area contributed by atoms with E-state index >= 15 is 0 Å². The van der Waals surface area contributed by atoms with E-state index in [1.54, 1.807) is 11.0 Å². The van der Waals surface area contributed by atoms with Crippen LogP contribution >= 0.6 is 11.6 Å². The average Bonchev–Trinajstić information content (AvgIpc) is 2.89. The van der Waals surface area contributed by atoms with Gasteiger partial charge >= 0.3 is 6.09 Å². The van der Waals surface area contributed by atoms with Crippen molar-refractivity contribution >= 4 is 23.4 Å². The van der Waals surface area contributed by atoms with Crippen LogP contribution in [0.25, 0.3) is 0 Å². The Bertz CT molecular complexity index is 687. The Labute approximate surface area is 134 Å². The van der Waals surface area contributed by atoms with Crippen molar-refractivity contribution in [1.29, 1.82) is 0 Å². The summed E-state index contributed by atoms with van der Waals surface area (Å²) >= 11 is 6.00. The minimum atomic E-state index is -0.311. The second-order valence-electron chi connectivity index (χ2n) is 5.42. The minimum absolute atomic E-state index is 0.0720. The number of nitrogens with zero attached hydrogens (tertiary/aromatic N) is 1. The van der Waals surface area contributed by atoms with Crippen LogP contribution < -0.4 is 5.73 Å². The molecule has 2 N–H and O–H groups in total. The summed E-state index contributed by atoms with van der Waals surface area (Å²) in [4.78, 5) is 13.9. The highest BCUT2D eigenvalue weighted by atomic mass is 35.5. The lowest BCUT2D eigenvalue weighted by Crippen LogP contribution is -2.27. The molecule has 0 aromatic heterocycles. The highest BCUT2D eigenvalue weighted by Gasteiger charge is 2.35. The predicted octanol–water partition coefficient (Wildman–Crippen LogP) is 4.18. The van der Waals surface area contributed by atoms with E-state index in [0.717, 1.165) is 11.1 Å². The molecule has 2 aromatic carbocycles. The lowest BCUT2D eigenvalue weighted by molar-refractivity contribution is 0.129. The second kappa shape index (κ2) is 5.89. The molecule has 3 rings (SSSR count). The molecule has 1 amide bonds. The number of benzene rings is 2. The highest BCUT2D eigenvalue weighted by Crippen LogP contribution is 2.33. The van der Waals surface area contributed by atoms with E-state index in [2.05, 4.69) is 0 Å². The number of anilines is 1. The second-order valence-corrected chi connectivity index (χ2v) is 5.86. The molecule has 2 aromatic rings. The van der Waals surface area contributed by atoms with Crippen LogP contribution in [0.1, 0.15) is 30.2 Å². The zero-order valence-corrected chi connectivity index (χ0v) is 13.0. The lowest BCUT2D eigenvalue weighted by Gasteiger charge is -2.22. The highest BCUT2D eigenvalue weighted by molar-refractivity contribution is 6.30. The zero-order chi connectivity index (χ0) is 15.7. The van der Waals surface area contributed by atoms with Crippen molar-refractivity contribution in [3.05, 3.63) is 64.7 Å². The summed E-state index contributed by atoms with van der Waals surface area (Å²) in [6.45, 7) is 2.48. The van der Waals surface area contributed by atoms with Crippen molar-refractivity contribution in [3.63, 3.8) is 0 Å². The minimum Gasteiger partial charge on any atom is -0.439 e. The molecule has 4 nitrogen and oxygen atoms in total. The first kappa shape index (κ1) is 14.7. The number of nitrogens with two attached hydrogens (primary N) is 1. The van der Waals surface area contributed by atoms with Gasteiger partial charge in [-0.05, 0) is 42.3 Å². The van der Waals surface area contributed by atoms with E-state index in [1.807, 2.05) is 49.4 Å². The summed E-state index contributed by atoms with van der Waals surface area (Å²) < 4.78 is 5.49. The Balaban J connectivity index is 1.78. The first-order valence-corrected chi connectivity index (χ1v) is 7.50. The largest absolute Gasteiger partial charge is 0.439 e. The average molecular weight is 317 g/mol. The molecule has 1 aliphatic heterocycles. The molecular formula is C17H17ClN2O2. The third-order valence-corrected chi connectivity index (χ3v) is 4.18. The Morgan fingerprint density at radius 1 is 1.27 bits per heavy atom. The summed E-state index contributed by atoms with van der Waals surface area (Å²) in [5, 5.41) is 0.638. The van der Waals surface area contributed by atoms with Gasteiger partial charge in [0.05, 0.1) is 12.6 Å². The molecule has 1 saturated heterocycles. The molecule has 114 valence electrons. The van der Waals surface area contributed by atoms with Gasteiger partial charge in [-0.1, -0.05) is 35.9 Å². The number of carbonyl (C=O) groups excluding carboxylic acids is 1. The van der Waals surface area contributed by atoms with Gasteiger partial charge in [0.15, 0.2) is 0 Å². The van der Waals surface area contributed by atoms with Crippen LogP contribution in [0.15, 0.2) is 48.5 Å². The number of ether oxygens (including phenoxy) is 1. The van der Waals surface area contributed by atoms with Crippen molar-refractivity contribution in [1.82, 2.24) is 4.90 Å². The van der Waals surface area contributed by atoms with E-state index in [-0.39, 0.29) is 18.2 Å². The molecule has 0 bridgehead atoms. The maximum atomic E-state index is 12.2. The molecule has 1 aliphatic rings. The molecule has 0 saturated carbocycles. The van der Waals surface area contributed by atoms with Gasteiger partial charge in [-0.3, -0.25) is 4.90 Å². The molecule has 1 fully saturated rings. The summed E-state index contributed by atoms with van der Waals surface area (Å²) in [6, 6.07) is 14.9. The number of rotatable bonds is 3. The van der Waals surface area contributed by atoms with Crippen LogP contribution in [-0.4, -0.2) is 17.5 Å². The SMILES string of the molecule is CC(c1ccc(N)cc1)N1C[C@@H](c2cccc(Cl)c2)OC1=O. The van der Waals surface area contributed by atoms with E-state index in [4.69, 9.17) is 22.1 Å². The first-order chi connectivity index (χ1) is 10.5. The number of hydrogen-bond donors (Lipinski definition) is 1. The van der Waals surface area contributed by atoms with Gasteiger partial charge in [-0.15, -0.1) is 0 Å². The number of cyclic esters (lactones) is 1. The molecule has 22 heavy (non-hydrogen) atoms. The van der Waals surface area contributed by atoms with Crippen LogP contribution in [-0.2, 0) is 4.74 Å². The summed E-state index contributed by atoms with van der Waals surface area (Å²) in [5.41, 5.74) is 8.34. The quantitative estimate of drug-likeness (QED) is 0.864. The van der Waals surface area contributed by atoms with Crippen molar-refractivity contribution in [2.45, 2.75) is 19.1 Å². The topological polar surface area (TPSA) is 55.6 Å². The zero-order valence-electron chi connectivity index (χ0n) is 12.2. The van der Waals surface area contributed by atoms with Crippen molar-refractivity contribution < 1.29 is 9.53 Å². The molecular weight excluding hydrogens is 300 g/mol. The Morgan fingerprint density at radius 2 is 2.00 bits per heavy atom. The number of hydrogen-bond acceptors (Lipinski definition) is 3. The van der Waals surface area contributed by atoms with Crippen molar-refractivity contribution in [2.75, 3.05) is 12.3 Å². The van der Waals surface area contributed by atoms with E-state index < -0.39 is 0 Å². The predicted molar refractivity (Wildman–Crippen MR) is 86.6 cm³/mol. The maximum absolute atomic E-state index is 12.2. The van der Waals surface area contributed by atoms with Crippen molar-refractivity contribution in [2.24, 2.45) is 0 Å². The molecule has 1 heterocycles. The fourth-order valence-electron chi connectivity index (χ4n) is 2.63. The van der Waals surface area contributed by atoms with Crippen LogP contribution in [0.4, 0.5) is 10.5 Å². The fraction of sp³-hybridized carbons (Fsp3) is 0.235. The number of carbonyl (C=O) groups is 1. The first-order valence-electron chi connectivity index (χ1n) is 7.13. The monoisotopic (exact) mass is 316 g/mol. The van der Waals surface area contributed by atoms with E-state index in [0.29, 0.717) is 17.3 Å². The van der Waals surface area contributed by atoms with Gasteiger partial charge < -0.3 is 10.5 Å². The van der Waals surface area contributed by atoms with Crippen LogP contribution in [0.5, 0.6) is 0 Å². The number of halogens is 1. The smallest absolute Gasteiger partial charge is 0.411 e. The van der Waals surface area contributed by atoms with Gasteiger partial charge in [0, 0.05) is 10.7 Å². The van der Waals surface area contributed by atoms with Crippen LogP contribution in [0.3, 0.4) is 0 Å². The third-order valence-electron chi connectivity index (χ3n) is 3.95. The standard InChI is InChI=1S/C17H17ClN2O2/c1-11(12-5-7-15(19)8-6-12)20-10-16(22-17(20)21)13-3-2-4-14(18)9-13/h2-9,11,16H,10,19H2,1H3/t11?,16-/m0/s1. The summed E-state index contributed by atoms with van der Waals surface area (Å²) in [6.07, 6.45) is -0.600. The van der Waals surface area contributed by atoms with Gasteiger partial charge in [0.2, 0.25) is 0 Å². The molecule has 5 heteroatoms. The van der Waals surface area contributed by atoms with Crippen LogP contribution in [0.2, 0.25) is 5.02 Å². The number of amides is 1. The Hall–Kier alpha value is -2.20. The molecule has 2 atom stereocenters. The Morgan fingerprint density at radius 3 is 2.68 bits per heavy atom. The van der Waals surface area contributed by atoms with Gasteiger partial charge in [-0.2, -0.15) is 0 Å². The fourth-order valence-corrected chi connectivity index (χ4v) is 2.83. The summed E-state index contributed by atoms with van der Waals surface area (Å²) in [7, 11) is 0. The normalized spacial score (nSPS) is 19.1. The van der Waals surface area contributed by atoms with Crippen molar-refractivity contribution in [3.8, 4) is 0 Å². The number of nitrogen functional groups attached to an aromatic ring is 1. The van der Waals surface area contributed by atoms with E-state index in [1.165, 1.54) is 0 Å². The van der Waals surface area contributed by atoms with Gasteiger partial charge in [0.25, 0.3) is 0 Å². The summed E-state index contributed by atoms with van der Waals surface area (Å²) in [5.74, 6) is 0. The Kier molecular flexibility index (Phi) is 3.94. The van der Waals surface area contributed by atoms with Crippen LogP contribution in [0, 0.1) is 0 Å². The van der Waals surface area contributed by atoms with Gasteiger partial charge in [-0.25, -0.2) is 4.79 Å². The molecule has 0 radical (unpaired) electrons. The third kappa shape index (κ3) is 2.88. The lowest BCUT2D eigenvalue weighted by atomic mass is 10.1. The van der Waals surface area contributed by atoms with Gasteiger partial charge in [0.1, 0.15) is 6.10 Å². The van der Waals surface area contributed by atoms with E-state index in [9.17, 15) is 4.79 Å². The maximum Gasteiger partial charge on any atom is 0.411 e. The molecule has 0 aliphatic carbocycles.